The fourth-order valence-electron chi connectivity index (χ4n) is 1.16. The second-order valence-corrected chi connectivity index (χ2v) is 4.36. The maximum Gasteiger partial charge on any atom is 0.296 e. The number of hydrogen-bond acceptors (Lipinski definition) is 4. The SMILES string of the molecule is O=C1N=NC(CS)Sc2ccccc21. The van der Waals surface area contributed by atoms with Crippen molar-refractivity contribution in [1.29, 1.82) is 0 Å². The van der Waals surface area contributed by atoms with E-state index in [2.05, 4.69) is 22.9 Å². The van der Waals surface area contributed by atoms with Crippen molar-refractivity contribution in [2.75, 3.05) is 5.75 Å². The Morgan fingerprint density at radius 2 is 2.21 bits per heavy atom. The normalized spacial score (nSPS) is 20.4. The summed E-state index contributed by atoms with van der Waals surface area (Å²) in [5, 5.41) is 7.47. The lowest BCUT2D eigenvalue weighted by Gasteiger charge is -2.05. The van der Waals surface area contributed by atoms with Crippen LogP contribution in [0.25, 0.3) is 0 Å². The molecule has 1 unspecified atom stereocenters. The molecule has 0 N–H and O–H groups in total. The van der Waals surface area contributed by atoms with Gasteiger partial charge in [0.25, 0.3) is 5.91 Å². The summed E-state index contributed by atoms with van der Waals surface area (Å²) in [6.45, 7) is 0. The summed E-state index contributed by atoms with van der Waals surface area (Å²) in [6.07, 6.45) is 0. The van der Waals surface area contributed by atoms with Gasteiger partial charge >= 0.3 is 0 Å². The average molecular weight is 224 g/mol. The van der Waals surface area contributed by atoms with Crippen molar-refractivity contribution in [3.05, 3.63) is 29.8 Å². The first-order valence-electron chi connectivity index (χ1n) is 4.13. The first-order chi connectivity index (χ1) is 6.81. The maximum atomic E-state index is 11.5. The number of carbonyl (C=O) groups excluding carboxylic acids is 1. The van der Waals surface area contributed by atoms with Crippen LogP contribution in [0.5, 0.6) is 0 Å². The number of amides is 1. The highest BCUT2D eigenvalue weighted by Crippen LogP contribution is 2.31. The van der Waals surface area contributed by atoms with Crippen molar-refractivity contribution in [2.45, 2.75) is 10.3 Å². The Kier molecular flexibility index (Phi) is 2.88. The molecule has 1 amide bonds. The quantitative estimate of drug-likeness (QED) is 0.745. The van der Waals surface area contributed by atoms with Crippen LogP contribution in [-0.2, 0) is 0 Å². The summed E-state index contributed by atoms with van der Waals surface area (Å²) < 4.78 is 0. The number of fused-ring (bicyclic) bond motifs is 1. The van der Waals surface area contributed by atoms with E-state index in [-0.39, 0.29) is 11.3 Å². The van der Waals surface area contributed by atoms with Crippen molar-refractivity contribution in [2.24, 2.45) is 10.2 Å². The molecule has 0 aliphatic carbocycles. The van der Waals surface area contributed by atoms with E-state index in [1.807, 2.05) is 18.2 Å². The van der Waals surface area contributed by atoms with Crippen LogP contribution in [0.4, 0.5) is 0 Å². The fourth-order valence-corrected chi connectivity index (χ4v) is 2.36. The summed E-state index contributed by atoms with van der Waals surface area (Å²) in [5.41, 5.74) is 0.630. The van der Waals surface area contributed by atoms with Gasteiger partial charge in [0.1, 0.15) is 5.37 Å². The van der Waals surface area contributed by atoms with Crippen LogP contribution in [0.2, 0.25) is 0 Å². The highest BCUT2D eigenvalue weighted by atomic mass is 32.2. The molecule has 1 atom stereocenters. The predicted molar refractivity (Wildman–Crippen MR) is 59.1 cm³/mol. The summed E-state index contributed by atoms with van der Waals surface area (Å²) in [6, 6.07) is 7.41. The minimum atomic E-state index is -0.266. The van der Waals surface area contributed by atoms with E-state index in [1.165, 1.54) is 11.8 Å². The number of azo groups is 1. The highest BCUT2D eigenvalue weighted by Gasteiger charge is 2.18. The third kappa shape index (κ3) is 1.83. The van der Waals surface area contributed by atoms with E-state index in [9.17, 15) is 4.79 Å². The van der Waals surface area contributed by atoms with Crippen LogP contribution in [0.3, 0.4) is 0 Å². The molecule has 0 fully saturated rings. The van der Waals surface area contributed by atoms with E-state index >= 15 is 0 Å². The van der Waals surface area contributed by atoms with Crippen LogP contribution >= 0.6 is 24.4 Å². The smallest absolute Gasteiger partial charge is 0.265 e. The lowest BCUT2D eigenvalue weighted by Crippen LogP contribution is -1.97. The molecule has 1 aliphatic heterocycles. The van der Waals surface area contributed by atoms with Gasteiger partial charge < -0.3 is 0 Å². The van der Waals surface area contributed by atoms with Crippen LogP contribution in [0.1, 0.15) is 10.4 Å². The van der Waals surface area contributed by atoms with Gasteiger partial charge in [0.05, 0.1) is 5.56 Å². The molecule has 1 aliphatic rings. The van der Waals surface area contributed by atoms with E-state index in [0.29, 0.717) is 11.3 Å². The standard InChI is InChI=1S/C9H8N2OS2/c12-9-6-3-1-2-4-7(6)14-8(5-13)10-11-9/h1-4,8,13H,5H2. The lowest BCUT2D eigenvalue weighted by molar-refractivity contribution is 0.0991. The minimum absolute atomic E-state index is 0.0640. The second-order valence-electron chi connectivity index (χ2n) is 2.77. The molecule has 0 saturated carbocycles. The largest absolute Gasteiger partial charge is 0.296 e. The summed E-state index contributed by atoms with van der Waals surface area (Å²) in [5.74, 6) is 0.313. The average Bonchev–Trinajstić information content (AvgIpc) is 2.39. The molecule has 0 saturated heterocycles. The van der Waals surface area contributed by atoms with Crippen molar-refractivity contribution >= 4 is 30.3 Å². The van der Waals surface area contributed by atoms with E-state index < -0.39 is 0 Å². The zero-order valence-electron chi connectivity index (χ0n) is 7.25. The van der Waals surface area contributed by atoms with Gasteiger partial charge in [0.2, 0.25) is 0 Å². The first kappa shape index (κ1) is 9.73. The molecule has 0 bridgehead atoms. The number of thioether (sulfide) groups is 1. The van der Waals surface area contributed by atoms with Gasteiger partial charge in [-0.05, 0) is 12.1 Å². The molecule has 1 aromatic rings. The van der Waals surface area contributed by atoms with Crippen LogP contribution in [0, 0.1) is 0 Å². The van der Waals surface area contributed by atoms with E-state index in [0.717, 1.165) is 4.90 Å². The Balaban J connectivity index is 2.43. The van der Waals surface area contributed by atoms with Crippen molar-refractivity contribution in [1.82, 2.24) is 0 Å². The third-order valence-electron chi connectivity index (χ3n) is 1.81. The molecule has 5 heteroatoms. The van der Waals surface area contributed by atoms with Crippen molar-refractivity contribution in [3.63, 3.8) is 0 Å². The third-order valence-corrected chi connectivity index (χ3v) is 3.55. The van der Waals surface area contributed by atoms with Gasteiger partial charge in [0.15, 0.2) is 0 Å². The zero-order chi connectivity index (χ0) is 9.97. The van der Waals surface area contributed by atoms with Crippen molar-refractivity contribution in [3.8, 4) is 0 Å². The predicted octanol–water partition coefficient (Wildman–Crippen LogP) is 2.64. The van der Waals surface area contributed by atoms with Crippen LogP contribution < -0.4 is 0 Å². The highest BCUT2D eigenvalue weighted by molar-refractivity contribution is 8.00. The number of carbonyl (C=O) groups is 1. The summed E-state index contributed by atoms with van der Waals surface area (Å²) in [4.78, 5) is 12.4. The molecule has 0 aromatic heterocycles. The molecule has 3 nitrogen and oxygen atoms in total. The summed E-state index contributed by atoms with van der Waals surface area (Å²) >= 11 is 5.67. The Morgan fingerprint density at radius 3 is 3.00 bits per heavy atom. The topological polar surface area (TPSA) is 41.8 Å². The lowest BCUT2D eigenvalue weighted by atomic mass is 10.2. The number of benzene rings is 1. The second kappa shape index (κ2) is 4.14. The molecule has 0 spiro atoms. The maximum absolute atomic E-state index is 11.5. The fraction of sp³-hybridized carbons (Fsp3) is 0.222. The molecular formula is C9H8N2OS2. The molecule has 1 heterocycles. The van der Waals surface area contributed by atoms with Gasteiger partial charge in [-0.1, -0.05) is 23.9 Å². The van der Waals surface area contributed by atoms with Gasteiger partial charge in [0, 0.05) is 10.6 Å². The van der Waals surface area contributed by atoms with Crippen LogP contribution in [-0.4, -0.2) is 17.0 Å². The molecule has 14 heavy (non-hydrogen) atoms. The number of thiol groups is 1. The number of nitrogens with zero attached hydrogens (tertiary/aromatic N) is 2. The Morgan fingerprint density at radius 1 is 1.43 bits per heavy atom. The first-order valence-corrected chi connectivity index (χ1v) is 5.64. The monoisotopic (exact) mass is 224 g/mol. The molecule has 2 rings (SSSR count). The van der Waals surface area contributed by atoms with Gasteiger partial charge in [-0.25, -0.2) is 0 Å². The number of hydrogen-bond donors (Lipinski definition) is 1. The van der Waals surface area contributed by atoms with E-state index in [4.69, 9.17) is 0 Å². The molecule has 72 valence electrons. The zero-order valence-corrected chi connectivity index (χ0v) is 8.96. The van der Waals surface area contributed by atoms with Gasteiger partial charge in [-0.2, -0.15) is 17.7 Å². The van der Waals surface area contributed by atoms with Crippen LogP contribution in [0.15, 0.2) is 39.4 Å². The molecule has 1 aromatic carbocycles. The summed E-state index contributed by atoms with van der Waals surface area (Å²) in [7, 11) is 0. The molecule has 0 radical (unpaired) electrons. The van der Waals surface area contributed by atoms with Crippen molar-refractivity contribution < 1.29 is 4.79 Å². The Labute approximate surface area is 91.4 Å². The Bertz CT molecular complexity index is 392. The Hall–Kier alpha value is -0.810. The molecular weight excluding hydrogens is 216 g/mol. The van der Waals surface area contributed by atoms with E-state index in [1.54, 1.807) is 6.07 Å². The van der Waals surface area contributed by atoms with Gasteiger partial charge in [-0.3, -0.25) is 4.79 Å². The minimum Gasteiger partial charge on any atom is -0.265 e. The number of rotatable bonds is 1. The van der Waals surface area contributed by atoms with Gasteiger partial charge in [-0.15, -0.1) is 5.11 Å².